The van der Waals surface area contributed by atoms with Gasteiger partial charge in [0.2, 0.25) is 0 Å². The van der Waals surface area contributed by atoms with E-state index in [0.29, 0.717) is 18.5 Å². The number of aromatic amines is 1. The quantitative estimate of drug-likeness (QED) is 0.875. The van der Waals surface area contributed by atoms with Crippen molar-refractivity contribution >= 4 is 22.8 Å². The molecule has 3 rings (SSSR count). The first kappa shape index (κ1) is 16.6. The third kappa shape index (κ3) is 3.78. The van der Waals surface area contributed by atoms with Gasteiger partial charge in [-0.2, -0.15) is 0 Å². The molecule has 1 amide bonds. The number of nitrogens with zero attached hydrogens (tertiary/aromatic N) is 1. The minimum atomic E-state index is -0.168. The normalized spacial score (nSPS) is 18.1. The lowest BCUT2D eigenvalue weighted by Gasteiger charge is -2.32. The molecule has 1 aromatic heterocycles. The highest BCUT2D eigenvalue weighted by atomic mass is 16.5. The van der Waals surface area contributed by atoms with Crippen LogP contribution in [-0.2, 0) is 9.53 Å². The van der Waals surface area contributed by atoms with Crippen molar-refractivity contribution in [3.05, 3.63) is 36.0 Å². The second kappa shape index (κ2) is 7.07. The van der Waals surface area contributed by atoms with Crippen LogP contribution in [0.15, 0.2) is 30.5 Å². The maximum absolute atomic E-state index is 12.8. The van der Waals surface area contributed by atoms with Crippen LogP contribution in [0.4, 0.5) is 0 Å². The zero-order chi connectivity index (χ0) is 17.1. The number of hydrogen-bond acceptors (Lipinski definition) is 3. The van der Waals surface area contributed by atoms with E-state index in [1.54, 1.807) is 0 Å². The van der Waals surface area contributed by atoms with Crippen LogP contribution in [0.5, 0.6) is 0 Å². The second-order valence-corrected chi connectivity index (χ2v) is 6.78. The molecule has 128 valence electrons. The second-order valence-electron chi connectivity index (χ2n) is 6.78. The molecule has 1 atom stereocenters. The lowest BCUT2D eigenvalue weighted by Crippen LogP contribution is -2.40. The summed E-state index contributed by atoms with van der Waals surface area (Å²) in [5, 5.41) is 1.04. The number of ether oxygens (including phenoxy) is 1. The van der Waals surface area contributed by atoms with Crippen LogP contribution < -0.4 is 0 Å². The van der Waals surface area contributed by atoms with Crippen LogP contribution in [0.2, 0.25) is 0 Å². The number of hydrogen-bond donors (Lipinski definition) is 1. The van der Waals surface area contributed by atoms with Gasteiger partial charge in [0, 0.05) is 35.8 Å². The zero-order valence-corrected chi connectivity index (χ0v) is 14.2. The van der Waals surface area contributed by atoms with E-state index in [1.807, 2.05) is 49.2 Å². The molecular formula is C19H24N2O3. The van der Waals surface area contributed by atoms with Crippen LogP contribution in [0.25, 0.3) is 10.9 Å². The summed E-state index contributed by atoms with van der Waals surface area (Å²) in [5.41, 5.74) is 1.73. The number of piperidine rings is 1. The molecule has 0 saturated carbocycles. The van der Waals surface area contributed by atoms with Crippen LogP contribution in [0, 0.1) is 5.92 Å². The van der Waals surface area contributed by atoms with E-state index < -0.39 is 0 Å². The Hall–Kier alpha value is -2.30. The number of esters is 1. The van der Waals surface area contributed by atoms with Gasteiger partial charge in [0.25, 0.3) is 5.91 Å². The Kier molecular flexibility index (Phi) is 4.88. The van der Waals surface area contributed by atoms with Crippen LogP contribution in [0.3, 0.4) is 0 Å². The molecule has 0 radical (unpaired) electrons. The van der Waals surface area contributed by atoms with Gasteiger partial charge in [0.05, 0.1) is 12.5 Å². The number of carbonyl (C=O) groups is 2. The van der Waals surface area contributed by atoms with E-state index in [0.717, 1.165) is 30.3 Å². The van der Waals surface area contributed by atoms with Gasteiger partial charge < -0.3 is 14.6 Å². The van der Waals surface area contributed by atoms with E-state index >= 15 is 0 Å². The van der Waals surface area contributed by atoms with Crippen molar-refractivity contribution in [3.8, 4) is 0 Å². The van der Waals surface area contributed by atoms with Gasteiger partial charge in [-0.05, 0) is 56.9 Å². The highest BCUT2D eigenvalue weighted by Crippen LogP contribution is 2.23. The Morgan fingerprint density at radius 2 is 2.17 bits per heavy atom. The Morgan fingerprint density at radius 1 is 1.33 bits per heavy atom. The fourth-order valence-electron chi connectivity index (χ4n) is 3.33. The first-order valence-electron chi connectivity index (χ1n) is 8.59. The molecule has 1 saturated heterocycles. The number of carbonyl (C=O) groups excluding carboxylic acids is 2. The largest absolute Gasteiger partial charge is 0.463 e. The fourth-order valence-corrected chi connectivity index (χ4v) is 3.33. The van der Waals surface area contributed by atoms with Gasteiger partial charge in [0.15, 0.2) is 0 Å². The molecule has 1 aromatic carbocycles. The number of rotatable bonds is 4. The predicted octanol–water partition coefficient (Wildman–Crippen LogP) is 3.36. The summed E-state index contributed by atoms with van der Waals surface area (Å²) in [7, 11) is 0. The first-order valence-corrected chi connectivity index (χ1v) is 8.59. The average Bonchev–Trinajstić information content (AvgIpc) is 3.01. The van der Waals surface area contributed by atoms with Crippen LogP contribution in [-0.4, -0.2) is 41.0 Å². The van der Waals surface area contributed by atoms with Gasteiger partial charge in [-0.1, -0.05) is 0 Å². The fraction of sp³-hybridized carbons (Fsp3) is 0.474. The summed E-state index contributed by atoms with van der Waals surface area (Å²) in [6.07, 6.45) is 4.06. The molecule has 2 heterocycles. The van der Waals surface area contributed by atoms with Crippen molar-refractivity contribution in [2.75, 3.05) is 13.1 Å². The summed E-state index contributed by atoms with van der Waals surface area (Å²) in [5.74, 6) is 0.0583. The van der Waals surface area contributed by atoms with Gasteiger partial charge in [0.1, 0.15) is 0 Å². The van der Waals surface area contributed by atoms with Gasteiger partial charge in [-0.25, -0.2) is 0 Å². The predicted molar refractivity (Wildman–Crippen MR) is 92.8 cm³/mol. The smallest absolute Gasteiger partial charge is 0.306 e. The molecule has 1 unspecified atom stereocenters. The molecule has 24 heavy (non-hydrogen) atoms. The summed E-state index contributed by atoms with van der Waals surface area (Å²) in [6, 6.07) is 7.68. The van der Waals surface area contributed by atoms with E-state index in [1.165, 1.54) is 0 Å². The molecule has 1 N–H and O–H groups in total. The highest BCUT2D eigenvalue weighted by Gasteiger charge is 2.26. The third-order valence-electron chi connectivity index (χ3n) is 4.43. The molecule has 2 aromatic rings. The van der Waals surface area contributed by atoms with Crippen molar-refractivity contribution in [3.63, 3.8) is 0 Å². The number of H-pyrrole nitrogens is 1. The highest BCUT2D eigenvalue weighted by molar-refractivity contribution is 5.98. The molecular weight excluding hydrogens is 304 g/mol. The van der Waals surface area contributed by atoms with Crippen molar-refractivity contribution in [1.29, 1.82) is 0 Å². The minimum Gasteiger partial charge on any atom is -0.463 e. The monoisotopic (exact) mass is 328 g/mol. The topological polar surface area (TPSA) is 62.4 Å². The van der Waals surface area contributed by atoms with E-state index in [4.69, 9.17) is 4.74 Å². The van der Waals surface area contributed by atoms with Crippen molar-refractivity contribution in [2.45, 2.75) is 39.2 Å². The van der Waals surface area contributed by atoms with E-state index in [-0.39, 0.29) is 23.9 Å². The molecule has 5 nitrogen and oxygen atoms in total. The number of benzene rings is 1. The maximum Gasteiger partial charge on any atom is 0.306 e. The summed E-state index contributed by atoms with van der Waals surface area (Å²) in [6.45, 7) is 5.08. The Labute approximate surface area is 142 Å². The Balaban J connectivity index is 1.65. The van der Waals surface area contributed by atoms with Crippen molar-refractivity contribution < 1.29 is 14.3 Å². The molecule has 1 fully saturated rings. The Bertz CT molecular complexity index is 735. The van der Waals surface area contributed by atoms with Gasteiger partial charge in [-0.15, -0.1) is 0 Å². The lowest BCUT2D eigenvalue weighted by molar-refractivity contribution is -0.148. The summed E-state index contributed by atoms with van der Waals surface area (Å²) in [4.78, 5) is 29.6. The zero-order valence-electron chi connectivity index (χ0n) is 14.2. The number of aromatic nitrogens is 1. The van der Waals surface area contributed by atoms with E-state index in [2.05, 4.69) is 4.98 Å². The standard InChI is InChI=1S/C19H24N2O3/c1-13(2)24-18(22)10-14-4-3-9-21(12-14)19(23)16-5-6-17-15(11-16)7-8-20-17/h5-8,11,13-14,20H,3-4,9-10,12H2,1-2H3. The lowest BCUT2D eigenvalue weighted by atomic mass is 9.94. The molecule has 1 aliphatic rings. The molecule has 0 bridgehead atoms. The molecule has 0 aliphatic carbocycles. The Morgan fingerprint density at radius 3 is 2.96 bits per heavy atom. The summed E-state index contributed by atoms with van der Waals surface area (Å²) >= 11 is 0. The number of nitrogens with one attached hydrogen (secondary N) is 1. The van der Waals surface area contributed by atoms with Crippen molar-refractivity contribution in [1.82, 2.24) is 9.88 Å². The van der Waals surface area contributed by atoms with E-state index in [9.17, 15) is 9.59 Å². The van der Waals surface area contributed by atoms with Gasteiger partial charge in [-0.3, -0.25) is 9.59 Å². The van der Waals surface area contributed by atoms with Crippen molar-refractivity contribution in [2.24, 2.45) is 5.92 Å². The average molecular weight is 328 g/mol. The number of amides is 1. The molecule has 5 heteroatoms. The van der Waals surface area contributed by atoms with Crippen LogP contribution >= 0.6 is 0 Å². The van der Waals surface area contributed by atoms with Gasteiger partial charge >= 0.3 is 5.97 Å². The molecule has 1 aliphatic heterocycles. The number of likely N-dealkylation sites (tertiary alicyclic amines) is 1. The maximum atomic E-state index is 12.8. The SMILES string of the molecule is CC(C)OC(=O)CC1CCCN(C(=O)c2ccc3[nH]ccc3c2)C1. The molecule has 0 spiro atoms. The first-order chi connectivity index (χ1) is 11.5. The van der Waals surface area contributed by atoms with Crippen LogP contribution in [0.1, 0.15) is 43.5 Å². The number of fused-ring (bicyclic) bond motifs is 1. The summed E-state index contributed by atoms with van der Waals surface area (Å²) < 4.78 is 5.23. The third-order valence-corrected chi connectivity index (χ3v) is 4.43. The minimum absolute atomic E-state index is 0.0417.